The molecule has 0 aliphatic heterocycles. The molecule has 3 aromatic rings. The van der Waals surface area contributed by atoms with Gasteiger partial charge in [-0.05, 0) is 24.6 Å². The summed E-state index contributed by atoms with van der Waals surface area (Å²) in [5.74, 6) is 0.428. The summed E-state index contributed by atoms with van der Waals surface area (Å²) < 4.78 is 63.6. The summed E-state index contributed by atoms with van der Waals surface area (Å²) in [6, 6.07) is 4.30. The number of alkyl halides is 3. The molecule has 2 heterocycles. The number of benzene rings is 1. The zero-order chi connectivity index (χ0) is 28.6. The van der Waals surface area contributed by atoms with Crippen LogP contribution in [0.3, 0.4) is 0 Å². The van der Waals surface area contributed by atoms with Gasteiger partial charge >= 0.3 is 25.0 Å². The van der Waals surface area contributed by atoms with E-state index in [0.29, 0.717) is 40.7 Å². The van der Waals surface area contributed by atoms with Crippen molar-refractivity contribution in [2.75, 3.05) is 7.11 Å². The maximum absolute atomic E-state index is 14.7. The molecule has 0 saturated heterocycles. The number of aryl methyl sites for hydroxylation is 1. The normalized spacial score (nSPS) is 12.8. The molecule has 7 nitrogen and oxygen atoms in total. The Hall–Kier alpha value is -3.29. The van der Waals surface area contributed by atoms with Crippen molar-refractivity contribution in [1.29, 1.82) is 0 Å². The summed E-state index contributed by atoms with van der Waals surface area (Å²) in [6.45, 7) is 10.6. The van der Waals surface area contributed by atoms with Gasteiger partial charge in [-0.25, -0.2) is 15.0 Å². The molecule has 1 saturated carbocycles. The summed E-state index contributed by atoms with van der Waals surface area (Å²) in [7, 11) is 1.50. The summed E-state index contributed by atoms with van der Waals surface area (Å²) >= 11 is 0. The van der Waals surface area contributed by atoms with Crippen molar-refractivity contribution in [3.63, 3.8) is 0 Å². The van der Waals surface area contributed by atoms with Gasteiger partial charge < -0.3 is 27.5 Å². The molecule has 0 atom stereocenters. The fourth-order valence-corrected chi connectivity index (χ4v) is 3.51. The molecule has 1 aromatic carbocycles. The van der Waals surface area contributed by atoms with E-state index >= 15 is 0 Å². The van der Waals surface area contributed by atoms with Crippen LogP contribution in [0.15, 0.2) is 41.4 Å². The quantitative estimate of drug-likeness (QED) is 0.176. The molecule has 0 bridgehead atoms. The van der Waals surface area contributed by atoms with E-state index in [4.69, 9.17) is 16.1 Å². The summed E-state index contributed by atoms with van der Waals surface area (Å²) in [6.07, 6.45) is 4.56. The SMILES string of the molecule is C[CH-]C.[CH-]=C(N=[C-]c1c(F)cc(COc2ccnc(-c3c(OC)ncnc3C3CC3)n2)cc1CC)C(F)(F)F.[Li+]. The van der Waals surface area contributed by atoms with Crippen molar-refractivity contribution >= 4 is 6.21 Å². The Balaban J connectivity index is 0.00000134. The standard InChI is InChI=1S/C25H21F4N5O2.C3H7.Li/c1-4-16-9-15(10-19(26)18(16)11-31-14(2)25(27,28)29)12-36-20-7-8-30-23(34-20)21-22(17-5-6-17)32-13-33-24(21)35-3;1-3-2;/h2,7-10,13,17H,4-6,12H2,1,3H3;3H,1-2H3;/q-2;-1;+1. The second-order valence-corrected chi connectivity index (χ2v) is 8.57. The zero-order valence-corrected chi connectivity index (χ0v) is 23.0. The van der Waals surface area contributed by atoms with E-state index < -0.39 is 17.7 Å². The van der Waals surface area contributed by atoms with E-state index in [1.807, 2.05) is 20.3 Å². The first kappa shape index (κ1) is 32.9. The molecular weight excluding hydrogens is 521 g/mol. The largest absolute Gasteiger partial charge is 1.00 e. The molecule has 0 amide bonds. The number of hydrogen-bond donors (Lipinski definition) is 0. The van der Waals surface area contributed by atoms with Crippen LogP contribution in [0.2, 0.25) is 0 Å². The average Bonchev–Trinajstić information content (AvgIpc) is 3.76. The van der Waals surface area contributed by atoms with E-state index in [1.165, 1.54) is 19.6 Å². The van der Waals surface area contributed by atoms with Crippen LogP contribution < -0.4 is 28.3 Å². The Bertz CT molecular complexity index is 1330. The second kappa shape index (κ2) is 14.9. The second-order valence-electron chi connectivity index (χ2n) is 8.57. The van der Waals surface area contributed by atoms with Crippen LogP contribution in [0.5, 0.6) is 11.8 Å². The predicted octanol–water partition coefficient (Wildman–Crippen LogP) is 3.51. The predicted molar refractivity (Wildman–Crippen MR) is 138 cm³/mol. The molecule has 208 valence electrons. The van der Waals surface area contributed by atoms with Gasteiger partial charge in [-0.1, -0.05) is 31.0 Å². The van der Waals surface area contributed by atoms with E-state index in [0.717, 1.165) is 24.6 Å². The Kier molecular flexibility index (Phi) is 12.3. The van der Waals surface area contributed by atoms with Crippen molar-refractivity contribution < 1.29 is 45.9 Å². The van der Waals surface area contributed by atoms with Gasteiger partial charge in [0.15, 0.2) is 5.82 Å². The topological polar surface area (TPSA) is 82.4 Å². The van der Waals surface area contributed by atoms with Gasteiger partial charge in [-0.3, -0.25) is 4.39 Å². The summed E-state index contributed by atoms with van der Waals surface area (Å²) in [5, 5.41) is 0. The number of rotatable bonds is 9. The van der Waals surface area contributed by atoms with E-state index in [2.05, 4.69) is 31.1 Å². The van der Waals surface area contributed by atoms with Crippen LogP contribution in [0.25, 0.3) is 11.4 Å². The molecule has 0 spiro atoms. The number of methoxy groups -OCH3 is 1. The third-order valence-corrected chi connectivity index (χ3v) is 5.43. The maximum atomic E-state index is 14.7. The molecule has 1 fully saturated rings. The van der Waals surface area contributed by atoms with Crippen LogP contribution in [0, 0.1) is 18.8 Å². The van der Waals surface area contributed by atoms with Crippen molar-refractivity contribution in [2.24, 2.45) is 4.99 Å². The Labute approximate surface area is 243 Å². The van der Waals surface area contributed by atoms with Crippen LogP contribution in [0.4, 0.5) is 17.6 Å². The first-order valence-corrected chi connectivity index (χ1v) is 12.2. The van der Waals surface area contributed by atoms with Gasteiger partial charge in [0.05, 0.1) is 12.8 Å². The number of allylic oxidation sites excluding steroid dienone is 1. The van der Waals surface area contributed by atoms with Crippen LogP contribution in [0.1, 0.15) is 61.9 Å². The van der Waals surface area contributed by atoms with Crippen LogP contribution >= 0.6 is 0 Å². The molecule has 1 aliphatic carbocycles. The minimum absolute atomic E-state index is 0. The first-order valence-electron chi connectivity index (χ1n) is 12.2. The monoisotopic (exact) mass is 549 g/mol. The summed E-state index contributed by atoms with van der Waals surface area (Å²) in [5.41, 5.74) is 0.452. The van der Waals surface area contributed by atoms with E-state index in [-0.39, 0.29) is 36.9 Å². The van der Waals surface area contributed by atoms with Crippen molar-refractivity contribution in [1.82, 2.24) is 19.9 Å². The molecule has 0 unspecified atom stereocenters. The summed E-state index contributed by atoms with van der Waals surface area (Å²) in [4.78, 5) is 20.4. The number of aromatic nitrogens is 4. The fourth-order valence-electron chi connectivity index (χ4n) is 3.51. The van der Waals surface area contributed by atoms with Crippen molar-refractivity contribution in [3.05, 3.63) is 77.6 Å². The molecule has 2 aromatic heterocycles. The molecule has 0 N–H and O–H groups in total. The molecule has 12 heteroatoms. The zero-order valence-electron chi connectivity index (χ0n) is 23.0. The number of ether oxygens (including phenoxy) is 2. The fraction of sp³-hybridized carbons (Fsp3) is 0.357. The molecular formula is C28H28F4LiN5O2-2. The minimum Gasteiger partial charge on any atom is -0.536 e. The van der Waals surface area contributed by atoms with Crippen molar-refractivity contribution in [3.8, 4) is 23.1 Å². The third kappa shape index (κ3) is 8.60. The smallest absolute Gasteiger partial charge is 0.536 e. The Morgan fingerprint density at radius 1 is 1.20 bits per heavy atom. The van der Waals surface area contributed by atoms with Crippen molar-refractivity contribution in [2.45, 2.75) is 58.7 Å². The number of aliphatic imine (C=N–C) groups is 1. The first-order chi connectivity index (χ1) is 18.6. The van der Waals surface area contributed by atoms with Gasteiger partial charge in [0.2, 0.25) is 11.8 Å². The number of nitrogens with zero attached hydrogens (tertiary/aromatic N) is 5. The minimum atomic E-state index is -4.82. The van der Waals surface area contributed by atoms with Crippen LogP contribution in [-0.2, 0) is 13.0 Å². The van der Waals surface area contributed by atoms with E-state index in [1.54, 1.807) is 19.1 Å². The molecule has 0 radical (unpaired) electrons. The van der Waals surface area contributed by atoms with E-state index in [9.17, 15) is 17.6 Å². The average molecular weight is 549 g/mol. The third-order valence-electron chi connectivity index (χ3n) is 5.43. The number of hydrogen-bond acceptors (Lipinski definition) is 7. The maximum Gasteiger partial charge on any atom is 1.00 e. The Morgan fingerprint density at radius 2 is 1.90 bits per heavy atom. The van der Waals surface area contributed by atoms with Gasteiger partial charge in [0.25, 0.3) is 0 Å². The molecule has 40 heavy (non-hydrogen) atoms. The number of halogens is 4. The van der Waals surface area contributed by atoms with Gasteiger partial charge in [0.1, 0.15) is 18.5 Å². The van der Waals surface area contributed by atoms with Gasteiger partial charge in [-0.2, -0.15) is 32.0 Å². The molecule has 1 aliphatic rings. The Morgan fingerprint density at radius 3 is 2.50 bits per heavy atom. The van der Waals surface area contributed by atoms with Gasteiger partial charge in [-0.15, -0.1) is 11.3 Å². The van der Waals surface area contributed by atoms with Crippen LogP contribution in [-0.4, -0.2) is 39.4 Å². The molecule has 4 rings (SSSR count). The van der Waals surface area contributed by atoms with Gasteiger partial charge in [0, 0.05) is 24.0 Å².